The van der Waals surface area contributed by atoms with E-state index in [1.54, 1.807) is 0 Å². The average Bonchev–Trinajstić information content (AvgIpc) is 2.80. The Morgan fingerprint density at radius 1 is 1.37 bits per heavy atom. The van der Waals surface area contributed by atoms with Crippen molar-refractivity contribution in [3.05, 3.63) is 18.0 Å². The van der Waals surface area contributed by atoms with Gasteiger partial charge in [0.1, 0.15) is 0 Å². The Morgan fingerprint density at radius 3 is 2.63 bits per heavy atom. The third kappa shape index (κ3) is 4.48. The van der Waals surface area contributed by atoms with E-state index >= 15 is 0 Å². The number of halogens is 1. The third-order valence-corrected chi connectivity index (χ3v) is 3.83. The second-order valence-electron chi connectivity index (χ2n) is 5.64. The largest absolute Gasteiger partial charge is 0.319 e. The molecule has 0 aliphatic carbocycles. The van der Waals surface area contributed by atoms with Crippen molar-refractivity contribution in [3.8, 4) is 0 Å². The lowest BCUT2D eigenvalue weighted by molar-refractivity contribution is 0.172. The number of hydrogen-bond donors (Lipinski definition) is 1. The molecule has 1 aliphatic heterocycles. The smallest absolute Gasteiger partial charge is 0.0527 e. The van der Waals surface area contributed by atoms with E-state index in [9.17, 15) is 0 Å². The van der Waals surface area contributed by atoms with Gasteiger partial charge in [-0.3, -0.25) is 9.58 Å². The molecule has 1 aromatic rings. The van der Waals surface area contributed by atoms with Gasteiger partial charge in [-0.25, -0.2) is 0 Å². The SMILES string of the molecule is CNCC1CCN(Cc2ccnn2C(C)C)CC1.Cl. The molecule has 0 radical (unpaired) electrons. The Hall–Kier alpha value is -0.580. The van der Waals surface area contributed by atoms with Crippen molar-refractivity contribution in [2.45, 2.75) is 39.3 Å². The number of hydrogen-bond acceptors (Lipinski definition) is 3. The topological polar surface area (TPSA) is 33.1 Å². The summed E-state index contributed by atoms with van der Waals surface area (Å²) in [7, 11) is 2.05. The highest BCUT2D eigenvalue weighted by molar-refractivity contribution is 5.85. The molecule has 0 spiro atoms. The number of aromatic nitrogens is 2. The Kier molecular flexibility index (Phi) is 6.83. The number of nitrogens with one attached hydrogen (secondary N) is 1. The van der Waals surface area contributed by atoms with Crippen LogP contribution in [0.2, 0.25) is 0 Å². The van der Waals surface area contributed by atoms with Gasteiger partial charge in [-0.05, 0) is 65.4 Å². The standard InChI is InChI=1S/C14H26N4.ClH/c1-12(2)18-14(4-7-16-18)11-17-8-5-13(6-9-17)10-15-3;/h4,7,12-13,15H,5-6,8-11H2,1-3H3;1H. The van der Waals surface area contributed by atoms with Crippen LogP contribution in [0.15, 0.2) is 12.3 Å². The summed E-state index contributed by atoms with van der Waals surface area (Å²) in [4.78, 5) is 2.56. The van der Waals surface area contributed by atoms with Crippen LogP contribution in [0.1, 0.15) is 38.4 Å². The first-order chi connectivity index (χ1) is 8.70. The van der Waals surface area contributed by atoms with Gasteiger partial charge in [-0.15, -0.1) is 12.4 Å². The minimum Gasteiger partial charge on any atom is -0.319 e. The number of rotatable bonds is 5. The molecule has 0 aromatic carbocycles. The van der Waals surface area contributed by atoms with Crippen LogP contribution in [-0.2, 0) is 6.54 Å². The summed E-state index contributed by atoms with van der Waals surface area (Å²) in [5.74, 6) is 0.862. The highest BCUT2D eigenvalue weighted by Crippen LogP contribution is 2.19. The third-order valence-electron chi connectivity index (χ3n) is 3.83. The molecule has 1 N–H and O–H groups in total. The molecule has 0 saturated carbocycles. The van der Waals surface area contributed by atoms with Crippen LogP contribution >= 0.6 is 12.4 Å². The van der Waals surface area contributed by atoms with Crippen molar-refractivity contribution >= 4 is 12.4 Å². The first-order valence-corrected chi connectivity index (χ1v) is 7.10. The Labute approximate surface area is 123 Å². The second kappa shape index (κ2) is 7.88. The number of likely N-dealkylation sites (tertiary alicyclic amines) is 1. The molecule has 110 valence electrons. The molecule has 0 amide bonds. The summed E-state index contributed by atoms with van der Waals surface area (Å²) >= 11 is 0. The van der Waals surface area contributed by atoms with E-state index in [1.807, 2.05) is 13.2 Å². The normalized spacial score (nSPS) is 17.7. The molecule has 5 heteroatoms. The molecule has 1 saturated heterocycles. The van der Waals surface area contributed by atoms with Crippen molar-refractivity contribution in [2.75, 3.05) is 26.7 Å². The van der Waals surface area contributed by atoms with E-state index in [0.717, 1.165) is 19.0 Å². The van der Waals surface area contributed by atoms with E-state index in [2.05, 4.69) is 39.9 Å². The van der Waals surface area contributed by atoms with Crippen molar-refractivity contribution in [2.24, 2.45) is 5.92 Å². The van der Waals surface area contributed by atoms with E-state index < -0.39 is 0 Å². The lowest BCUT2D eigenvalue weighted by atomic mass is 9.97. The zero-order valence-corrected chi connectivity index (χ0v) is 13.1. The summed E-state index contributed by atoms with van der Waals surface area (Å²) in [5, 5.41) is 7.69. The fraction of sp³-hybridized carbons (Fsp3) is 0.786. The molecule has 4 nitrogen and oxygen atoms in total. The summed E-state index contributed by atoms with van der Waals surface area (Å²) in [6.45, 7) is 9.03. The van der Waals surface area contributed by atoms with Crippen LogP contribution in [0, 0.1) is 5.92 Å². The molecular formula is C14H27ClN4. The molecule has 1 fully saturated rings. The van der Waals surface area contributed by atoms with Crippen LogP contribution in [-0.4, -0.2) is 41.4 Å². The molecule has 2 rings (SSSR count). The summed E-state index contributed by atoms with van der Waals surface area (Å²) in [6.07, 6.45) is 4.55. The van der Waals surface area contributed by atoms with Gasteiger partial charge in [0.25, 0.3) is 0 Å². The lowest BCUT2D eigenvalue weighted by Gasteiger charge is -2.32. The van der Waals surface area contributed by atoms with Crippen molar-refractivity contribution in [1.29, 1.82) is 0 Å². The Morgan fingerprint density at radius 2 is 2.05 bits per heavy atom. The van der Waals surface area contributed by atoms with E-state index in [-0.39, 0.29) is 12.4 Å². The fourth-order valence-electron chi connectivity index (χ4n) is 2.80. The Bertz CT molecular complexity index is 356. The van der Waals surface area contributed by atoms with Crippen molar-refractivity contribution in [3.63, 3.8) is 0 Å². The van der Waals surface area contributed by atoms with Gasteiger partial charge in [0.15, 0.2) is 0 Å². The molecular weight excluding hydrogens is 260 g/mol. The number of piperidine rings is 1. The highest BCUT2D eigenvalue weighted by atomic mass is 35.5. The van der Waals surface area contributed by atoms with Gasteiger partial charge >= 0.3 is 0 Å². The molecule has 0 bridgehead atoms. The molecule has 0 unspecified atom stereocenters. The molecule has 1 aromatic heterocycles. The van der Waals surface area contributed by atoms with E-state index in [4.69, 9.17) is 0 Å². The van der Waals surface area contributed by atoms with Crippen molar-refractivity contribution < 1.29 is 0 Å². The van der Waals surface area contributed by atoms with Gasteiger partial charge in [0.2, 0.25) is 0 Å². The fourth-order valence-corrected chi connectivity index (χ4v) is 2.80. The lowest BCUT2D eigenvalue weighted by Crippen LogP contribution is -2.36. The van der Waals surface area contributed by atoms with Crippen LogP contribution in [0.4, 0.5) is 0 Å². The van der Waals surface area contributed by atoms with Crippen LogP contribution in [0.3, 0.4) is 0 Å². The van der Waals surface area contributed by atoms with Crippen molar-refractivity contribution in [1.82, 2.24) is 20.0 Å². The predicted molar refractivity (Wildman–Crippen MR) is 81.8 cm³/mol. The highest BCUT2D eigenvalue weighted by Gasteiger charge is 2.19. The van der Waals surface area contributed by atoms with Crippen LogP contribution in [0.5, 0.6) is 0 Å². The minimum atomic E-state index is 0. The molecule has 2 heterocycles. The van der Waals surface area contributed by atoms with Crippen LogP contribution < -0.4 is 5.32 Å². The second-order valence-corrected chi connectivity index (χ2v) is 5.64. The van der Waals surface area contributed by atoms with Gasteiger partial charge in [0, 0.05) is 18.8 Å². The Balaban J connectivity index is 0.00000180. The minimum absolute atomic E-state index is 0. The van der Waals surface area contributed by atoms with E-state index in [1.165, 1.54) is 31.6 Å². The summed E-state index contributed by atoms with van der Waals surface area (Å²) < 4.78 is 2.14. The average molecular weight is 287 g/mol. The quantitative estimate of drug-likeness (QED) is 0.902. The first kappa shape index (κ1) is 16.5. The maximum atomic E-state index is 4.41. The van der Waals surface area contributed by atoms with Gasteiger partial charge in [-0.1, -0.05) is 0 Å². The van der Waals surface area contributed by atoms with Gasteiger partial charge < -0.3 is 5.32 Å². The maximum Gasteiger partial charge on any atom is 0.0527 e. The van der Waals surface area contributed by atoms with Gasteiger partial charge in [-0.2, -0.15) is 5.10 Å². The zero-order valence-electron chi connectivity index (χ0n) is 12.3. The maximum absolute atomic E-state index is 4.41. The monoisotopic (exact) mass is 286 g/mol. The predicted octanol–water partition coefficient (Wildman–Crippen LogP) is 2.32. The van der Waals surface area contributed by atoms with Gasteiger partial charge in [0.05, 0.1) is 5.69 Å². The zero-order chi connectivity index (χ0) is 13.0. The molecule has 0 atom stereocenters. The summed E-state index contributed by atoms with van der Waals surface area (Å²) in [6, 6.07) is 2.61. The molecule has 19 heavy (non-hydrogen) atoms. The number of nitrogens with zero attached hydrogens (tertiary/aromatic N) is 3. The summed E-state index contributed by atoms with van der Waals surface area (Å²) in [5.41, 5.74) is 1.34. The van der Waals surface area contributed by atoms with E-state index in [0.29, 0.717) is 6.04 Å². The van der Waals surface area contributed by atoms with Crippen LogP contribution in [0.25, 0.3) is 0 Å². The molecule has 1 aliphatic rings. The first-order valence-electron chi connectivity index (χ1n) is 7.10.